The van der Waals surface area contributed by atoms with Gasteiger partial charge in [0.05, 0.1) is 24.7 Å². The van der Waals surface area contributed by atoms with Crippen molar-refractivity contribution in [3.63, 3.8) is 0 Å². The van der Waals surface area contributed by atoms with Crippen LogP contribution in [0.3, 0.4) is 0 Å². The largest absolute Gasteiger partial charge is 0.453 e. The molecule has 1 N–H and O–H groups in total. The van der Waals surface area contributed by atoms with Crippen LogP contribution < -0.4 is 5.32 Å². The van der Waals surface area contributed by atoms with E-state index < -0.39 is 15.9 Å². The van der Waals surface area contributed by atoms with Gasteiger partial charge in [0.1, 0.15) is 0 Å². The molecule has 1 aliphatic heterocycles. The monoisotopic (exact) mass is 281 g/mol. The zero-order valence-electron chi connectivity index (χ0n) is 10.1. The summed E-state index contributed by atoms with van der Waals surface area (Å²) in [7, 11) is -1.75. The van der Waals surface area contributed by atoms with Gasteiger partial charge in [0, 0.05) is 5.25 Å². The normalized spacial score (nSPS) is 26.7. The average Bonchev–Trinajstić information content (AvgIpc) is 2.53. The van der Waals surface area contributed by atoms with Crippen molar-refractivity contribution in [1.29, 1.82) is 0 Å². The molecule has 7 heteroatoms. The van der Waals surface area contributed by atoms with E-state index in [1.807, 2.05) is 0 Å². The van der Waals surface area contributed by atoms with Gasteiger partial charge in [-0.25, -0.2) is 13.2 Å². The summed E-state index contributed by atoms with van der Waals surface area (Å²) < 4.78 is 27.6. The summed E-state index contributed by atoms with van der Waals surface area (Å²) in [6.07, 6.45) is 1.58. The maximum atomic E-state index is 11.5. The molecule has 0 aromatic carbocycles. The summed E-state index contributed by atoms with van der Waals surface area (Å²) in [6.45, 7) is 2.09. The Labute approximate surface area is 107 Å². The maximum absolute atomic E-state index is 11.5. The highest BCUT2D eigenvalue weighted by atomic mass is 32.2. The van der Waals surface area contributed by atoms with Crippen LogP contribution in [0.2, 0.25) is 0 Å². The Bertz CT molecular complexity index is 355. The first kappa shape index (κ1) is 14.6. The lowest BCUT2D eigenvalue weighted by Gasteiger charge is -2.18. The van der Waals surface area contributed by atoms with E-state index in [-0.39, 0.29) is 22.8 Å². The lowest BCUT2D eigenvalue weighted by atomic mass is 10.2. The van der Waals surface area contributed by atoms with Gasteiger partial charge < -0.3 is 10.1 Å². The minimum atomic E-state index is -3.03. The first-order chi connectivity index (χ1) is 7.98. The number of hydrogen-bond acceptors (Lipinski definition) is 5. The zero-order chi connectivity index (χ0) is 12.9. The Morgan fingerprint density at radius 3 is 2.76 bits per heavy atom. The molecule has 0 aromatic heterocycles. The fraction of sp³-hybridized carbons (Fsp3) is 0.900. The zero-order valence-corrected chi connectivity index (χ0v) is 11.8. The highest BCUT2D eigenvalue weighted by molar-refractivity contribution is 8.01. The number of rotatable bonds is 5. The number of ether oxygens (including phenoxy) is 1. The van der Waals surface area contributed by atoms with E-state index in [0.717, 1.165) is 18.6 Å². The van der Waals surface area contributed by atoms with Crippen LogP contribution in [0.5, 0.6) is 0 Å². The highest BCUT2D eigenvalue weighted by Crippen LogP contribution is 2.25. The van der Waals surface area contributed by atoms with Crippen molar-refractivity contribution in [3.8, 4) is 0 Å². The van der Waals surface area contributed by atoms with Gasteiger partial charge in [-0.15, -0.1) is 0 Å². The molecular weight excluding hydrogens is 262 g/mol. The third-order valence-electron chi connectivity index (χ3n) is 2.62. The molecule has 1 amide bonds. The van der Waals surface area contributed by atoms with Crippen LogP contribution in [0.15, 0.2) is 0 Å². The number of hydrogen-bond donors (Lipinski definition) is 1. The Balaban J connectivity index is 2.55. The number of unbranched alkanes of at least 4 members (excludes halogenated alkanes) is 1. The molecule has 0 bridgehead atoms. The van der Waals surface area contributed by atoms with Crippen molar-refractivity contribution in [2.75, 3.05) is 24.4 Å². The highest BCUT2D eigenvalue weighted by Gasteiger charge is 2.38. The standard InChI is InChI=1S/C10H19NO4S2/c1-3-4-5-16-9-7-17(13,14)6-8(9)11-10(12)15-2/h8-9H,3-7H2,1-2H3,(H,11,12)/t8-,9-/m1/s1. The molecule has 1 rings (SSSR count). The predicted molar refractivity (Wildman–Crippen MR) is 69.1 cm³/mol. The summed E-state index contributed by atoms with van der Waals surface area (Å²) >= 11 is 1.62. The quantitative estimate of drug-likeness (QED) is 0.762. The van der Waals surface area contributed by atoms with Crippen molar-refractivity contribution in [2.24, 2.45) is 0 Å². The number of sulfone groups is 1. The van der Waals surface area contributed by atoms with E-state index in [0.29, 0.717) is 0 Å². The molecule has 0 unspecified atom stereocenters. The van der Waals surface area contributed by atoms with Crippen LogP contribution in [0.4, 0.5) is 4.79 Å². The number of carbonyl (C=O) groups excluding carboxylic acids is 1. The predicted octanol–water partition coefficient (Wildman–Crippen LogP) is 1.04. The van der Waals surface area contributed by atoms with Crippen molar-refractivity contribution >= 4 is 27.7 Å². The fourth-order valence-corrected chi connectivity index (χ4v) is 5.72. The minimum absolute atomic E-state index is 0.0197. The van der Waals surface area contributed by atoms with E-state index in [1.54, 1.807) is 11.8 Å². The molecule has 1 fully saturated rings. The van der Waals surface area contributed by atoms with Gasteiger partial charge in [0.15, 0.2) is 9.84 Å². The smallest absolute Gasteiger partial charge is 0.407 e. The minimum Gasteiger partial charge on any atom is -0.453 e. The lowest BCUT2D eigenvalue weighted by Crippen LogP contribution is -2.41. The third kappa shape index (κ3) is 4.75. The molecule has 0 saturated carbocycles. The second-order valence-electron chi connectivity index (χ2n) is 4.08. The van der Waals surface area contributed by atoms with Gasteiger partial charge >= 0.3 is 6.09 Å². The van der Waals surface area contributed by atoms with Crippen LogP contribution in [0.1, 0.15) is 19.8 Å². The summed E-state index contributed by atoms with van der Waals surface area (Å²) in [5.41, 5.74) is 0. The first-order valence-corrected chi connectivity index (χ1v) is 8.52. The Kier molecular flexibility index (Phi) is 5.58. The van der Waals surface area contributed by atoms with Crippen molar-refractivity contribution < 1.29 is 17.9 Å². The van der Waals surface area contributed by atoms with Gasteiger partial charge in [-0.2, -0.15) is 11.8 Å². The van der Waals surface area contributed by atoms with Gasteiger partial charge in [-0.05, 0) is 12.2 Å². The summed E-state index contributed by atoms with van der Waals surface area (Å²) in [5.74, 6) is 1.10. The molecule has 0 spiro atoms. The van der Waals surface area contributed by atoms with Crippen LogP contribution in [0.25, 0.3) is 0 Å². The van der Waals surface area contributed by atoms with Crippen LogP contribution in [-0.4, -0.2) is 50.2 Å². The first-order valence-electron chi connectivity index (χ1n) is 5.65. The number of thioether (sulfide) groups is 1. The second kappa shape index (κ2) is 6.49. The molecule has 100 valence electrons. The SMILES string of the molecule is CCCCS[C@@H]1CS(=O)(=O)C[C@H]1NC(=O)OC. The summed E-state index contributed by atoms with van der Waals surface area (Å²) in [4.78, 5) is 11.1. The van der Waals surface area contributed by atoms with Crippen LogP contribution >= 0.6 is 11.8 Å². The van der Waals surface area contributed by atoms with Crippen LogP contribution in [0, 0.1) is 0 Å². The summed E-state index contributed by atoms with van der Waals surface area (Å²) in [5, 5.41) is 2.55. The number of carbonyl (C=O) groups is 1. The van der Waals surface area contributed by atoms with Gasteiger partial charge in [0.2, 0.25) is 0 Å². The Morgan fingerprint density at radius 2 is 2.18 bits per heavy atom. The topological polar surface area (TPSA) is 72.5 Å². The van der Waals surface area contributed by atoms with Gasteiger partial charge in [-0.3, -0.25) is 0 Å². The van der Waals surface area contributed by atoms with E-state index >= 15 is 0 Å². The summed E-state index contributed by atoms with van der Waals surface area (Å²) in [6, 6.07) is -0.325. The van der Waals surface area contributed by atoms with E-state index in [1.165, 1.54) is 7.11 Å². The molecule has 17 heavy (non-hydrogen) atoms. The van der Waals surface area contributed by atoms with Crippen molar-refractivity contribution in [1.82, 2.24) is 5.32 Å². The molecule has 1 saturated heterocycles. The Morgan fingerprint density at radius 1 is 1.47 bits per heavy atom. The molecule has 5 nitrogen and oxygen atoms in total. The van der Waals surface area contributed by atoms with E-state index in [9.17, 15) is 13.2 Å². The van der Waals surface area contributed by atoms with E-state index in [4.69, 9.17) is 0 Å². The second-order valence-corrected chi connectivity index (χ2v) is 7.58. The van der Waals surface area contributed by atoms with Crippen LogP contribution in [-0.2, 0) is 14.6 Å². The number of nitrogens with one attached hydrogen (secondary N) is 1. The van der Waals surface area contributed by atoms with Crippen molar-refractivity contribution in [3.05, 3.63) is 0 Å². The van der Waals surface area contributed by atoms with Gasteiger partial charge in [-0.1, -0.05) is 13.3 Å². The Hall–Kier alpha value is -0.430. The molecule has 1 aliphatic rings. The molecule has 0 aliphatic carbocycles. The fourth-order valence-electron chi connectivity index (χ4n) is 1.70. The number of amides is 1. The molecular formula is C10H19NO4S2. The lowest BCUT2D eigenvalue weighted by molar-refractivity contribution is 0.168. The molecule has 0 radical (unpaired) electrons. The average molecular weight is 281 g/mol. The van der Waals surface area contributed by atoms with Crippen molar-refractivity contribution in [2.45, 2.75) is 31.1 Å². The van der Waals surface area contributed by atoms with E-state index in [2.05, 4.69) is 17.0 Å². The molecule has 1 heterocycles. The molecule has 2 atom stereocenters. The molecule has 0 aromatic rings. The number of methoxy groups -OCH3 is 1. The maximum Gasteiger partial charge on any atom is 0.407 e. The third-order valence-corrected chi connectivity index (χ3v) is 6.01. The number of alkyl carbamates (subject to hydrolysis) is 1. The van der Waals surface area contributed by atoms with Gasteiger partial charge in [0.25, 0.3) is 0 Å².